The van der Waals surface area contributed by atoms with Crippen molar-refractivity contribution in [2.45, 2.75) is 6.92 Å². The molecule has 0 aliphatic carbocycles. The molecule has 0 saturated carbocycles. The van der Waals surface area contributed by atoms with Gasteiger partial charge < -0.3 is 5.32 Å². The number of hydrogen-bond acceptors (Lipinski definition) is 4. The van der Waals surface area contributed by atoms with E-state index in [0.29, 0.717) is 11.5 Å². The highest BCUT2D eigenvalue weighted by molar-refractivity contribution is 7.16. The summed E-state index contributed by atoms with van der Waals surface area (Å²) in [7, 11) is 0. The van der Waals surface area contributed by atoms with Crippen LogP contribution in [0.2, 0.25) is 0 Å². The van der Waals surface area contributed by atoms with Crippen molar-refractivity contribution in [3.05, 3.63) is 47.4 Å². The SMILES string of the molecule is Cc1ccc(Nc2ncnc3sccc23)c(F)c1. The van der Waals surface area contributed by atoms with Gasteiger partial charge in [0.05, 0.1) is 11.1 Å². The molecule has 0 spiro atoms. The molecule has 0 saturated heterocycles. The standard InChI is InChI=1S/C13H10FN3S/c1-8-2-3-11(10(14)6-8)17-12-9-4-5-18-13(9)16-7-15-12/h2-7H,1H3,(H,15,16,17). The largest absolute Gasteiger partial charge is 0.337 e. The molecule has 5 heteroatoms. The van der Waals surface area contributed by atoms with Gasteiger partial charge in [0.25, 0.3) is 0 Å². The Morgan fingerprint density at radius 3 is 2.94 bits per heavy atom. The Morgan fingerprint density at radius 2 is 2.11 bits per heavy atom. The molecule has 0 atom stereocenters. The maximum atomic E-state index is 13.8. The Bertz CT molecular complexity index is 708. The van der Waals surface area contributed by atoms with E-state index in [1.165, 1.54) is 23.7 Å². The lowest BCUT2D eigenvalue weighted by Crippen LogP contribution is -1.97. The predicted octanol–water partition coefficient (Wildman–Crippen LogP) is 3.88. The fraction of sp³-hybridized carbons (Fsp3) is 0.0769. The maximum absolute atomic E-state index is 13.8. The Hall–Kier alpha value is -2.01. The first-order valence-electron chi connectivity index (χ1n) is 5.45. The molecule has 0 bridgehead atoms. The number of fused-ring (bicyclic) bond motifs is 1. The van der Waals surface area contributed by atoms with Gasteiger partial charge in [-0.05, 0) is 36.1 Å². The third-order valence-electron chi connectivity index (χ3n) is 2.64. The molecular weight excluding hydrogens is 249 g/mol. The van der Waals surface area contributed by atoms with E-state index in [-0.39, 0.29) is 5.82 Å². The molecule has 2 aromatic heterocycles. The highest BCUT2D eigenvalue weighted by Crippen LogP contribution is 2.27. The zero-order valence-electron chi connectivity index (χ0n) is 9.64. The molecule has 18 heavy (non-hydrogen) atoms. The smallest absolute Gasteiger partial charge is 0.146 e. The number of benzene rings is 1. The molecule has 3 nitrogen and oxygen atoms in total. The first-order valence-corrected chi connectivity index (χ1v) is 6.33. The molecule has 1 N–H and O–H groups in total. The fourth-order valence-corrected chi connectivity index (χ4v) is 2.47. The molecule has 0 unspecified atom stereocenters. The number of halogens is 1. The minimum Gasteiger partial charge on any atom is -0.337 e. The number of nitrogens with zero attached hydrogens (tertiary/aromatic N) is 2. The third-order valence-corrected chi connectivity index (χ3v) is 3.46. The summed E-state index contributed by atoms with van der Waals surface area (Å²) in [6.45, 7) is 1.86. The van der Waals surface area contributed by atoms with E-state index >= 15 is 0 Å². The Morgan fingerprint density at radius 1 is 1.22 bits per heavy atom. The van der Waals surface area contributed by atoms with E-state index < -0.39 is 0 Å². The monoisotopic (exact) mass is 259 g/mol. The van der Waals surface area contributed by atoms with Crippen LogP contribution in [-0.2, 0) is 0 Å². The topological polar surface area (TPSA) is 37.8 Å². The summed E-state index contributed by atoms with van der Waals surface area (Å²) in [5, 5.41) is 5.85. The van der Waals surface area contributed by atoms with Gasteiger partial charge in [0.2, 0.25) is 0 Å². The van der Waals surface area contributed by atoms with Crippen LogP contribution in [0.3, 0.4) is 0 Å². The molecule has 1 aromatic carbocycles. The van der Waals surface area contributed by atoms with Crippen LogP contribution in [0.5, 0.6) is 0 Å². The average molecular weight is 259 g/mol. The second-order valence-electron chi connectivity index (χ2n) is 3.97. The van der Waals surface area contributed by atoms with Crippen molar-refractivity contribution in [1.29, 1.82) is 0 Å². The molecule has 0 aliphatic rings. The van der Waals surface area contributed by atoms with E-state index in [1.54, 1.807) is 6.07 Å². The van der Waals surface area contributed by atoms with E-state index in [1.807, 2.05) is 24.4 Å². The minimum atomic E-state index is -0.281. The van der Waals surface area contributed by atoms with Crippen molar-refractivity contribution in [3.63, 3.8) is 0 Å². The lowest BCUT2D eigenvalue weighted by Gasteiger charge is -2.07. The molecule has 90 valence electrons. The highest BCUT2D eigenvalue weighted by atomic mass is 32.1. The van der Waals surface area contributed by atoms with Crippen LogP contribution >= 0.6 is 11.3 Å². The number of anilines is 2. The Labute approximate surface area is 107 Å². The third kappa shape index (κ3) is 1.93. The van der Waals surface area contributed by atoms with Gasteiger partial charge in [0.1, 0.15) is 22.8 Å². The van der Waals surface area contributed by atoms with Gasteiger partial charge in [-0.15, -0.1) is 11.3 Å². The number of thiophene rings is 1. The van der Waals surface area contributed by atoms with Crippen molar-refractivity contribution in [2.24, 2.45) is 0 Å². The van der Waals surface area contributed by atoms with E-state index in [9.17, 15) is 4.39 Å². The van der Waals surface area contributed by atoms with E-state index in [4.69, 9.17) is 0 Å². The lowest BCUT2D eigenvalue weighted by atomic mass is 10.2. The highest BCUT2D eigenvalue weighted by Gasteiger charge is 2.07. The summed E-state index contributed by atoms with van der Waals surface area (Å²) in [6, 6.07) is 6.99. The first-order chi connectivity index (χ1) is 8.74. The molecular formula is C13H10FN3S. The molecule has 0 amide bonds. The number of nitrogens with one attached hydrogen (secondary N) is 1. The summed E-state index contributed by atoms with van der Waals surface area (Å²) in [6.07, 6.45) is 1.48. The van der Waals surface area contributed by atoms with Crippen LogP contribution in [0.15, 0.2) is 36.0 Å². The molecule has 2 heterocycles. The van der Waals surface area contributed by atoms with Gasteiger partial charge in [-0.1, -0.05) is 6.07 Å². The van der Waals surface area contributed by atoms with Gasteiger partial charge in [-0.2, -0.15) is 0 Å². The van der Waals surface area contributed by atoms with Gasteiger partial charge in [0, 0.05) is 0 Å². The van der Waals surface area contributed by atoms with Crippen LogP contribution in [-0.4, -0.2) is 9.97 Å². The summed E-state index contributed by atoms with van der Waals surface area (Å²) in [5.74, 6) is 0.348. The number of aryl methyl sites for hydroxylation is 1. The molecule has 3 aromatic rings. The predicted molar refractivity (Wildman–Crippen MR) is 71.8 cm³/mol. The van der Waals surface area contributed by atoms with Crippen molar-refractivity contribution in [2.75, 3.05) is 5.32 Å². The summed E-state index contributed by atoms with van der Waals surface area (Å²) in [4.78, 5) is 9.20. The van der Waals surface area contributed by atoms with Gasteiger partial charge in [0.15, 0.2) is 0 Å². The van der Waals surface area contributed by atoms with Gasteiger partial charge >= 0.3 is 0 Å². The van der Waals surface area contributed by atoms with Crippen molar-refractivity contribution < 1.29 is 4.39 Å². The van der Waals surface area contributed by atoms with E-state index in [0.717, 1.165) is 15.8 Å². The second kappa shape index (κ2) is 4.34. The molecule has 0 fully saturated rings. The van der Waals surface area contributed by atoms with Gasteiger partial charge in [-0.25, -0.2) is 14.4 Å². The Balaban J connectivity index is 2.03. The Kier molecular flexibility index (Phi) is 2.68. The van der Waals surface area contributed by atoms with Crippen LogP contribution in [0.4, 0.5) is 15.9 Å². The van der Waals surface area contributed by atoms with Gasteiger partial charge in [-0.3, -0.25) is 0 Å². The lowest BCUT2D eigenvalue weighted by molar-refractivity contribution is 0.630. The van der Waals surface area contributed by atoms with Crippen LogP contribution < -0.4 is 5.32 Å². The van der Waals surface area contributed by atoms with E-state index in [2.05, 4.69) is 15.3 Å². The van der Waals surface area contributed by atoms with Crippen LogP contribution in [0.1, 0.15) is 5.56 Å². The minimum absolute atomic E-state index is 0.281. The molecule has 0 aliphatic heterocycles. The van der Waals surface area contributed by atoms with Crippen LogP contribution in [0, 0.1) is 12.7 Å². The molecule has 3 rings (SSSR count). The summed E-state index contributed by atoms with van der Waals surface area (Å²) < 4.78 is 13.8. The summed E-state index contributed by atoms with van der Waals surface area (Å²) in [5.41, 5.74) is 1.31. The molecule has 0 radical (unpaired) electrons. The second-order valence-corrected chi connectivity index (χ2v) is 4.86. The maximum Gasteiger partial charge on any atom is 0.146 e. The number of rotatable bonds is 2. The normalized spacial score (nSPS) is 10.8. The first kappa shape index (κ1) is 11.1. The average Bonchev–Trinajstić information content (AvgIpc) is 2.82. The zero-order chi connectivity index (χ0) is 12.5. The summed E-state index contributed by atoms with van der Waals surface area (Å²) >= 11 is 1.53. The van der Waals surface area contributed by atoms with Crippen molar-refractivity contribution in [1.82, 2.24) is 9.97 Å². The van der Waals surface area contributed by atoms with Crippen LogP contribution in [0.25, 0.3) is 10.2 Å². The zero-order valence-corrected chi connectivity index (χ0v) is 10.5. The quantitative estimate of drug-likeness (QED) is 0.758. The van der Waals surface area contributed by atoms with Crippen molar-refractivity contribution >= 4 is 33.1 Å². The fourth-order valence-electron chi connectivity index (χ4n) is 1.74. The number of aromatic nitrogens is 2. The van der Waals surface area contributed by atoms with Crippen molar-refractivity contribution in [3.8, 4) is 0 Å². The number of hydrogen-bond donors (Lipinski definition) is 1.